The second-order valence-electron chi connectivity index (χ2n) is 3.29. The van der Waals surface area contributed by atoms with Crippen LogP contribution in [0.25, 0.3) is 0 Å². The lowest BCUT2D eigenvalue weighted by molar-refractivity contribution is 0.402. The van der Waals surface area contributed by atoms with Crippen molar-refractivity contribution < 1.29 is 0 Å². The van der Waals surface area contributed by atoms with Crippen molar-refractivity contribution in [3.63, 3.8) is 0 Å². The van der Waals surface area contributed by atoms with Crippen LogP contribution in [0.1, 0.15) is 47.5 Å². The van der Waals surface area contributed by atoms with Gasteiger partial charge in [0, 0.05) is 0 Å². The lowest BCUT2D eigenvalue weighted by atomic mass is 10.0. The Morgan fingerprint density at radius 2 is 1.24 bits per heavy atom. The molecule has 1 aliphatic rings. The summed E-state index contributed by atoms with van der Waals surface area (Å²) < 4.78 is 0. The van der Waals surface area contributed by atoms with E-state index in [-0.39, 0.29) is 0 Å². The quantitative estimate of drug-likeness (QED) is 0.671. The van der Waals surface area contributed by atoms with Gasteiger partial charge >= 0.3 is 0 Å². The summed E-state index contributed by atoms with van der Waals surface area (Å²) in [5.74, 6) is 0.973. The van der Waals surface area contributed by atoms with E-state index in [2.05, 4.69) is 25.4 Å². The number of hydrogen-bond acceptors (Lipinski definition) is 1. The fourth-order valence-electron chi connectivity index (χ4n) is 1.12. The lowest BCUT2D eigenvalue weighted by Crippen LogP contribution is -2.26. The van der Waals surface area contributed by atoms with E-state index >= 15 is 0 Å². The van der Waals surface area contributed by atoms with Crippen LogP contribution in [0.3, 0.4) is 0 Å². The van der Waals surface area contributed by atoms with Gasteiger partial charge in [0.25, 0.3) is 0 Å². The highest BCUT2D eigenvalue weighted by Gasteiger charge is 2.04. The number of nitrogens with one attached hydrogen (secondary N) is 1. The van der Waals surface area contributed by atoms with Gasteiger partial charge in [-0.15, -0.1) is 0 Å². The fraction of sp³-hybridized carbons (Fsp3) is 0.625. The summed E-state index contributed by atoms with van der Waals surface area (Å²) in [6.07, 6.45) is 9.82. The van der Waals surface area contributed by atoms with Gasteiger partial charge in [0.1, 0.15) is 0 Å². The van der Waals surface area contributed by atoms with Gasteiger partial charge in [0.2, 0.25) is 0 Å². The molecular formula is C16H33N. The maximum atomic E-state index is 3.46. The van der Waals surface area contributed by atoms with Crippen molar-refractivity contribution in [2.24, 2.45) is 5.92 Å². The molecule has 0 aromatic rings. The van der Waals surface area contributed by atoms with Crippen LogP contribution in [-0.4, -0.2) is 13.1 Å². The Morgan fingerprint density at radius 1 is 0.882 bits per heavy atom. The van der Waals surface area contributed by atoms with Crippen LogP contribution in [0.15, 0.2) is 37.5 Å². The highest BCUT2D eigenvalue weighted by molar-refractivity contribution is 5.05. The Balaban J connectivity index is -0.000000180. The molecule has 0 aromatic heterocycles. The average molecular weight is 239 g/mol. The molecule has 0 unspecified atom stereocenters. The summed E-state index contributed by atoms with van der Waals surface area (Å²) in [6, 6.07) is 0. The summed E-state index contributed by atoms with van der Waals surface area (Å²) in [5.41, 5.74) is 0. The Morgan fingerprint density at radius 3 is 1.41 bits per heavy atom. The Kier molecular flexibility index (Phi) is 30.8. The molecule has 17 heavy (non-hydrogen) atoms. The molecule has 1 rings (SSSR count). The summed E-state index contributed by atoms with van der Waals surface area (Å²) in [5, 5.41) is 3.32. The van der Waals surface area contributed by atoms with Gasteiger partial charge in [-0.1, -0.05) is 72.1 Å². The molecule has 0 aliphatic carbocycles. The molecule has 1 nitrogen and oxygen atoms in total. The number of hydrogen-bond donors (Lipinski definition) is 1. The van der Waals surface area contributed by atoms with Gasteiger partial charge < -0.3 is 5.32 Å². The third-order valence-electron chi connectivity index (χ3n) is 2.01. The third-order valence-corrected chi connectivity index (χ3v) is 2.01. The van der Waals surface area contributed by atoms with Crippen molar-refractivity contribution in [2.45, 2.75) is 47.5 Å². The van der Waals surface area contributed by atoms with Crippen molar-refractivity contribution in [1.82, 2.24) is 5.32 Å². The summed E-state index contributed by atoms with van der Waals surface area (Å²) in [7, 11) is 0. The molecule has 0 atom stereocenters. The smallest absolute Gasteiger partial charge is 0.00464 e. The average Bonchev–Trinajstić information content (AvgIpc) is 2.42. The van der Waals surface area contributed by atoms with Crippen LogP contribution in [0.4, 0.5) is 0 Å². The highest BCUT2D eigenvalue weighted by Crippen LogP contribution is 2.08. The van der Waals surface area contributed by atoms with Crippen molar-refractivity contribution in [2.75, 3.05) is 13.1 Å². The first-order valence-electron chi connectivity index (χ1n) is 6.92. The van der Waals surface area contributed by atoms with E-state index in [0.29, 0.717) is 0 Å². The minimum atomic E-state index is 0.973. The zero-order chi connectivity index (χ0) is 13.9. The van der Waals surface area contributed by atoms with E-state index in [0.717, 1.165) is 5.92 Å². The molecule has 0 spiro atoms. The zero-order valence-corrected chi connectivity index (χ0v) is 12.6. The van der Waals surface area contributed by atoms with Crippen molar-refractivity contribution >= 4 is 0 Å². The SMILES string of the molecule is C=C/C=C\C=C.CC.CC.CC1CCNCC1. The van der Waals surface area contributed by atoms with Gasteiger partial charge in [0.15, 0.2) is 0 Å². The molecule has 1 fully saturated rings. The van der Waals surface area contributed by atoms with E-state index < -0.39 is 0 Å². The molecular weight excluding hydrogens is 206 g/mol. The van der Waals surface area contributed by atoms with Crippen molar-refractivity contribution in [1.29, 1.82) is 0 Å². The normalized spacial score (nSPS) is 14.2. The minimum Gasteiger partial charge on any atom is -0.317 e. The molecule has 1 heterocycles. The van der Waals surface area contributed by atoms with E-state index in [1.54, 1.807) is 12.2 Å². The molecule has 0 radical (unpaired) electrons. The monoisotopic (exact) mass is 239 g/mol. The second kappa shape index (κ2) is 24.4. The Labute approximate surface area is 110 Å². The third kappa shape index (κ3) is 25.4. The fourth-order valence-corrected chi connectivity index (χ4v) is 1.12. The van der Waals surface area contributed by atoms with Gasteiger partial charge in [-0.05, 0) is 31.8 Å². The number of allylic oxidation sites excluding steroid dienone is 4. The van der Waals surface area contributed by atoms with Crippen LogP contribution in [0.5, 0.6) is 0 Å². The summed E-state index contributed by atoms with van der Waals surface area (Å²) >= 11 is 0. The first-order chi connectivity index (χ1) is 8.31. The summed E-state index contributed by atoms with van der Waals surface area (Å²) in [6.45, 7) is 19.7. The largest absolute Gasteiger partial charge is 0.317 e. The van der Waals surface area contributed by atoms with Crippen molar-refractivity contribution in [3.05, 3.63) is 37.5 Å². The van der Waals surface area contributed by atoms with Crippen LogP contribution in [0.2, 0.25) is 0 Å². The van der Waals surface area contributed by atoms with Crippen LogP contribution in [-0.2, 0) is 0 Å². The van der Waals surface area contributed by atoms with E-state index in [1.807, 2.05) is 39.8 Å². The van der Waals surface area contributed by atoms with Crippen LogP contribution >= 0.6 is 0 Å². The summed E-state index contributed by atoms with van der Waals surface area (Å²) in [4.78, 5) is 0. The molecule has 1 saturated heterocycles. The topological polar surface area (TPSA) is 12.0 Å². The van der Waals surface area contributed by atoms with Gasteiger partial charge in [-0.3, -0.25) is 0 Å². The number of rotatable bonds is 2. The van der Waals surface area contributed by atoms with E-state index in [1.165, 1.54) is 25.9 Å². The van der Waals surface area contributed by atoms with Crippen LogP contribution < -0.4 is 5.32 Å². The molecule has 0 saturated carbocycles. The predicted molar refractivity (Wildman–Crippen MR) is 83.5 cm³/mol. The molecule has 1 N–H and O–H groups in total. The standard InChI is InChI=1S/C6H13N.C6H8.2C2H6/c1-6-2-4-7-5-3-6;1-3-5-6-4-2;2*1-2/h6-7H,2-5H2,1H3;3-6H,1-2H2;2*1-2H3/b;6-5-;;. The van der Waals surface area contributed by atoms with Crippen molar-refractivity contribution in [3.8, 4) is 0 Å². The second-order valence-corrected chi connectivity index (χ2v) is 3.29. The molecule has 0 aromatic carbocycles. The molecule has 102 valence electrons. The predicted octanol–water partition coefficient (Wildman–Crippen LogP) is 4.97. The maximum Gasteiger partial charge on any atom is -0.00464 e. The molecule has 1 aliphatic heterocycles. The van der Waals surface area contributed by atoms with E-state index in [4.69, 9.17) is 0 Å². The highest BCUT2D eigenvalue weighted by atomic mass is 14.9. The molecule has 0 bridgehead atoms. The lowest BCUT2D eigenvalue weighted by Gasteiger charge is -2.17. The molecule has 1 heteroatoms. The van der Waals surface area contributed by atoms with Gasteiger partial charge in [0.05, 0.1) is 0 Å². The first kappa shape index (κ1) is 21.5. The Hall–Kier alpha value is -0.820. The first-order valence-corrected chi connectivity index (χ1v) is 6.92. The van der Waals surface area contributed by atoms with Gasteiger partial charge in [-0.25, -0.2) is 0 Å². The van der Waals surface area contributed by atoms with Gasteiger partial charge in [-0.2, -0.15) is 0 Å². The molecule has 0 amide bonds. The maximum absolute atomic E-state index is 3.46. The van der Waals surface area contributed by atoms with E-state index in [9.17, 15) is 0 Å². The number of piperidine rings is 1. The Bertz CT molecular complexity index is 143. The zero-order valence-electron chi connectivity index (χ0n) is 12.6. The van der Waals surface area contributed by atoms with Crippen LogP contribution in [0, 0.1) is 5.92 Å². The minimum absolute atomic E-state index is 0.973.